The van der Waals surface area contributed by atoms with Gasteiger partial charge in [0.1, 0.15) is 12.1 Å². The summed E-state index contributed by atoms with van der Waals surface area (Å²) in [4.78, 5) is 10.7. The maximum atomic E-state index is 13.1. The van der Waals surface area contributed by atoms with Crippen LogP contribution in [-0.4, -0.2) is 6.29 Å². The second-order valence-electron chi connectivity index (χ2n) is 3.37. The molecule has 0 radical (unpaired) electrons. The fraction of sp³-hybridized carbons (Fsp3) is 0. The summed E-state index contributed by atoms with van der Waals surface area (Å²) in [7, 11) is 0. The van der Waals surface area contributed by atoms with Crippen molar-refractivity contribution in [3.63, 3.8) is 0 Å². The molecule has 0 N–H and O–H groups in total. The Balaban J connectivity index is 2.58. The number of carbonyl (C=O) groups excluding carboxylic acids is 1. The number of benzene rings is 2. The molecule has 0 aliphatic rings. The minimum atomic E-state index is -0.291. The molecule has 2 rings (SSSR count). The Bertz CT molecular complexity index is 537. The fourth-order valence-corrected chi connectivity index (χ4v) is 1.97. The molecule has 2 aromatic rings. The molecule has 0 bridgehead atoms. The van der Waals surface area contributed by atoms with Gasteiger partial charge in [0.25, 0.3) is 0 Å². The third-order valence-corrected chi connectivity index (χ3v) is 2.95. The van der Waals surface area contributed by atoms with Gasteiger partial charge in [0.05, 0.1) is 0 Å². The van der Waals surface area contributed by atoms with Crippen LogP contribution in [0.5, 0.6) is 0 Å². The van der Waals surface area contributed by atoms with E-state index in [0.717, 1.165) is 21.9 Å². The lowest BCUT2D eigenvalue weighted by Crippen LogP contribution is -1.85. The lowest BCUT2D eigenvalue weighted by molar-refractivity contribution is 0.112. The van der Waals surface area contributed by atoms with E-state index in [0.29, 0.717) is 5.56 Å². The molecule has 0 atom stereocenters. The molecule has 0 unspecified atom stereocenters. The van der Waals surface area contributed by atoms with Crippen molar-refractivity contribution in [1.29, 1.82) is 0 Å². The van der Waals surface area contributed by atoms with Crippen LogP contribution >= 0.6 is 15.9 Å². The number of rotatable bonds is 2. The van der Waals surface area contributed by atoms with Crippen LogP contribution in [0.25, 0.3) is 11.1 Å². The van der Waals surface area contributed by atoms with Crippen LogP contribution in [0.4, 0.5) is 4.39 Å². The zero-order chi connectivity index (χ0) is 11.5. The standard InChI is InChI=1S/C13H8BrFO/c14-13-5-4-9(8-16)6-12(13)10-2-1-3-11(15)7-10/h1-8H. The summed E-state index contributed by atoms with van der Waals surface area (Å²) >= 11 is 3.38. The van der Waals surface area contributed by atoms with Gasteiger partial charge in [-0.15, -0.1) is 0 Å². The second-order valence-corrected chi connectivity index (χ2v) is 4.22. The molecule has 0 saturated heterocycles. The summed E-state index contributed by atoms with van der Waals surface area (Å²) < 4.78 is 13.9. The Labute approximate surface area is 101 Å². The first kappa shape index (κ1) is 11.0. The maximum absolute atomic E-state index is 13.1. The van der Waals surface area contributed by atoms with Crippen LogP contribution in [0, 0.1) is 5.82 Å². The van der Waals surface area contributed by atoms with Gasteiger partial charge in [0, 0.05) is 10.0 Å². The summed E-state index contributed by atoms with van der Waals surface area (Å²) in [6.45, 7) is 0. The van der Waals surface area contributed by atoms with Crippen molar-refractivity contribution in [2.45, 2.75) is 0 Å². The Morgan fingerprint density at radius 2 is 1.94 bits per heavy atom. The highest BCUT2D eigenvalue weighted by Crippen LogP contribution is 2.29. The number of carbonyl (C=O) groups is 1. The first-order valence-corrected chi connectivity index (χ1v) is 5.50. The molecule has 0 amide bonds. The highest BCUT2D eigenvalue weighted by Gasteiger charge is 2.05. The van der Waals surface area contributed by atoms with Gasteiger partial charge in [-0.2, -0.15) is 0 Å². The Hall–Kier alpha value is -1.48. The summed E-state index contributed by atoms with van der Waals surface area (Å²) in [5.41, 5.74) is 2.13. The Morgan fingerprint density at radius 1 is 1.12 bits per heavy atom. The number of hydrogen-bond donors (Lipinski definition) is 0. The monoisotopic (exact) mass is 278 g/mol. The topological polar surface area (TPSA) is 17.1 Å². The van der Waals surface area contributed by atoms with Crippen molar-refractivity contribution in [3.8, 4) is 11.1 Å². The van der Waals surface area contributed by atoms with Crippen molar-refractivity contribution in [2.24, 2.45) is 0 Å². The van der Waals surface area contributed by atoms with Gasteiger partial charge in [0.15, 0.2) is 0 Å². The second kappa shape index (κ2) is 4.58. The van der Waals surface area contributed by atoms with Crippen molar-refractivity contribution in [1.82, 2.24) is 0 Å². The average Bonchev–Trinajstić information content (AvgIpc) is 2.30. The van der Waals surface area contributed by atoms with E-state index in [-0.39, 0.29) is 5.82 Å². The van der Waals surface area contributed by atoms with Gasteiger partial charge >= 0.3 is 0 Å². The summed E-state index contributed by atoms with van der Waals surface area (Å²) in [6, 6.07) is 11.5. The van der Waals surface area contributed by atoms with E-state index < -0.39 is 0 Å². The first-order valence-electron chi connectivity index (χ1n) is 4.71. The zero-order valence-corrected chi connectivity index (χ0v) is 9.87. The molecule has 0 saturated carbocycles. The molecule has 3 heteroatoms. The minimum absolute atomic E-state index is 0.291. The van der Waals surface area contributed by atoms with E-state index >= 15 is 0 Å². The van der Waals surface area contributed by atoms with Crippen LogP contribution in [-0.2, 0) is 0 Å². The lowest BCUT2D eigenvalue weighted by atomic mass is 10.0. The highest BCUT2D eigenvalue weighted by molar-refractivity contribution is 9.10. The zero-order valence-electron chi connectivity index (χ0n) is 8.28. The van der Waals surface area contributed by atoms with Gasteiger partial charge in [-0.1, -0.05) is 34.1 Å². The molecule has 0 aromatic heterocycles. The number of aldehydes is 1. The van der Waals surface area contributed by atoms with Crippen LogP contribution < -0.4 is 0 Å². The van der Waals surface area contributed by atoms with Crippen molar-refractivity contribution in [3.05, 3.63) is 58.3 Å². The average molecular weight is 279 g/mol. The van der Waals surface area contributed by atoms with Gasteiger partial charge in [0.2, 0.25) is 0 Å². The third-order valence-electron chi connectivity index (χ3n) is 2.26. The van der Waals surface area contributed by atoms with Crippen LogP contribution in [0.15, 0.2) is 46.9 Å². The molecular weight excluding hydrogens is 271 g/mol. The maximum Gasteiger partial charge on any atom is 0.150 e. The van der Waals surface area contributed by atoms with E-state index in [4.69, 9.17) is 0 Å². The van der Waals surface area contributed by atoms with Gasteiger partial charge in [-0.25, -0.2) is 4.39 Å². The molecule has 16 heavy (non-hydrogen) atoms. The van der Waals surface area contributed by atoms with Gasteiger partial charge in [-0.3, -0.25) is 4.79 Å². The molecular formula is C13H8BrFO. The summed E-state index contributed by atoms with van der Waals surface area (Å²) in [5, 5.41) is 0. The third kappa shape index (κ3) is 2.19. The molecule has 0 spiro atoms. The number of hydrogen-bond acceptors (Lipinski definition) is 1. The molecule has 0 aliphatic heterocycles. The highest BCUT2D eigenvalue weighted by atomic mass is 79.9. The van der Waals surface area contributed by atoms with E-state index in [1.54, 1.807) is 30.3 Å². The van der Waals surface area contributed by atoms with Crippen molar-refractivity contribution < 1.29 is 9.18 Å². The normalized spacial score (nSPS) is 10.1. The van der Waals surface area contributed by atoms with Crippen molar-refractivity contribution in [2.75, 3.05) is 0 Å². The molecule has 80 valence electrons. The minimum Gasteiger partial charge on any atom is -0.298 e. The number of halogens is 2. The van der Waals surface area contributed by atoms with E-state index in [9.17, 15) is 9.18 Å². The summed E-state index contributed by atoms with van der Waals surface area (Å²) in [6.07, 6.45) is 0.773. The van der Waals surface area contributed by atoms with E-state index in [2.05, 4.69) is 15.9 Å². The lowest BCUT2D eigenvalue weighted by Gasteiger charge is -2.05. The molecule has 1 nitrogen and oxygen atoms in total. The Kier molecular flexibility index (Phi) is 3.15. The van der Waals surface area contributed by atoms with E-state index in [1.165, 1.54) is 12.1 Å². The van der Waals surface area contributed by atoms with Gasteiger partial charge < -0.3 is 0 Å². The van der Waals surface area contributed by atoms with Crippen LogP contribution in [0.2, 0.25) is 0 Å². The fourth-order valence-electron chi connectivity index (χ4n) is 1.49. The van der Waals surface area contributed by atoms with E-state index in [1.807, 2.05) is 0 Å². The van der Waals surface area contributed by atoms with Gasteiger partial charge in [-0.05, 0) is 35.4 Å². The quantitative estimate of drug-likeness (QED) is 0.757. The van der Waals surface area contributed by atoms with Crippen LogP contribution in [0.1, 0.15) is 10.4 Å². The summed E-state index contributed by atoms with van der Waals surface area (Å²) in [5.74, 6) is -0.291. The molecule has 2 aromatic carbocycles. The molecule has 0 heterocycles. The first-order chi connectivity index (χ1) is 7.70. The largest absolute Gasteiger partial charge is 0.298 e. The predicted molar refractivity (Wildman–Crippen MR) is 64.9 cm³/mol. The Morgan fingerprint density at radius 3 is 2.62 bits per heavy atom. The smallest absolute Gasteiger partial charge is 0.150 e. The molecule has 0 aliphatic carbocycles. The molecule has 0 fully saturated rings. The van der Waals surface area contributed by atoms with Crippen LogP contribution in [0.3, 0.4) is 0 Å². The predicted octanol–water partition coefficient (Wildman–Crippen LogP) is 4.07. The van der Waals surface area contributed by atoms with Crippen molar-refractivity contribution >= 4 is 22.2 Å². The SMILES string of the molecule is O=Cc1ccc(Br)c(-c2cccc(F)c2)c1.